The maximum absolute atomic E-state index is 11.7. The van der Waals surface area contributed by atoms with Crippen LogP contribution < -0.4 is 27.8 Å². The number of hydrogen-bond donors (Lipinski definition) is 5. The van der Waals surface area contributed by atoms with E-state index in [0.29, 0.717) is 22.1 Å². The molecule has 1 aromatic heterocycles. The number of anilines is 3. The van der Waals surface area contributed by atoms with Gasteiger partial charge in [0.2, 0.25) is 0 Å². The molecular formula is C18H23N7OS. The number of aromatic nitrogens is 2. The van der Waals surface area contributed by atoms with E-state index in [0.717, 1.165) is 25.7 Å². The van der Waals surface area contributed by atoms with Gasteiger partial charge in [0.25, 0.3) is 5.91 Å². The van der Waals surface area contributed by atoms with Gasteiger partial charge in [-0.25, -0.2) is 9.97 Å². The fourth-order valence-corrected chi connectivity index (χ4v) is 3.42. The number of nitrogens with one attached hydrogen (secondary N) is 2. The molecule has 1 aliphatic rings. The third-order valence-corrected chi connectivity index (χ3v) is 4.92. The summed E-state index contributed by atoms with van der Waals surface area (Å²) in [6.45, 7) is 0. The molecule has 1 heterocycles. The van der Waals surface area contributed by atoms with Crippen molar-refractivity contribution < 1.29 is 4.79 Å². The third kappa shape index (κ3) is 4.50. The van der Waals surface area contributed by atoms with E-state index in [1.807, 2.05) is 12.1 Å². The molecule has 9 heteroatoms. The number of nitrogen functional groups attached to an aromatic ring is 1. The number of amides is 1. The summed E-state index contributed by atoms with van der Waals surface area (Å²) in [6.07, 6.45) is 5.65. The second-order valence-corrected chi connectivity index (χ2v) is 6.97. The van der Waals surface area contributed by atoms with Gasteiger partial charge in [0.05, 0.1) is 6.20 Å². The van der Waals surface area contributed by atoms with Gasteiger partial charge in [-0.05, 0) is 25.0 Å². The molecular weight excluding hydrogens is 362 g/mol. The Kier molecular flexibility index (Phi) is 5.82. The number of rotatable bonds is 5. The number of nitrogens with two attached hydrogens (primary N) is 3. The second-order valence-electron chi connectivity index (χ2n) is 6.56. The molecule has 2 unspecified atom stereocenters. The summed E-state index contributed by atoms with van der Waals surface area (Å²) in [6, 6.07) is 7.32. The summed E-state index contributed by atoms with van der Waals surface area (Å²) >= 11 is 5.41. The lowest BCUT2D eigenvalue weighted by molar-refractivity contribution is 0.0996. The topological polar surface area (TPSA) is 145 Å². The third-order valence-electron chi connectivity index (χ3n) is 4.60. The first-order valence-electron chi connectivity index (χ1n) is 8.80. The van der Waals surface area contributed by atoms with E-state index < -0.39 is 5.91 Å². The molecule has 0 aliphatic heterocycles. The number of carbonyl (C=O) groups excluding carboxylic acids is 1. The van der Waals surface area contributed by atoms with Crippen molar-refractivity contribution in [1.82, 2.24) is 9.97 Å². The van der Waals surface area contributed by atoms with E-state index in [2.05, 4.69) is 20.6 Å². The summed E-state index contributed by atoms with van der Waals surface area (Å²) in [5.74, 6) is -0.00595. The first-order chi connectivity index (χ1) is 13.0. The number of para-hydroxylation sites is 1. The van der Waals surface area contributed by atoms with Gasteiger partial charge in [-0.1, -0.05) is 37.2 Å². The highest BCUT2D eigenvalue weighted by Crippen LogP contribution is 2.22. The highest BCUT2D eigenvalue weighted by molar-refractivity contribution is 7.81. The van der Waals surface area contributed by atoms with E-state index in [1.165, 1.54) is 6.20 Å². The van der Waals surface area contributed by atoms with Crippen LogP contribution >= 0.6 is 12.2 Å². The van der Waals surface area contributed by atoms with Gasteiger partial charge in [-0.3, -0.25) is 4.79 Å². The zero-order chi connectivity index (χ0) is 19.4. The Morgan fingerprint density at radius 2 is 1.96 bits per heavy atom. The summed E-state index contributed by atoms with van der Waals surface area (Å²) in [4.78, 5) is 20.7. The largest absolute Gasteiger partial charge is 0.398 e. The van der Waals surface area contributed by atoms with Gasteiger partial charge >= 0.3 is 0 Å². The molecule has 142 valence electrons. The molecule has 0 spiro atoms. The zero-order valence-corrected chi connectivity index (χ0v) is 15.6. The number of benzene rings is 1. The van der Waals surface area contributed by atoms with Crippen LogP contribution in [-0.4, -0.2) is 32.9 Å². The summed E-state index contributed by atoms with van der Waals surface area (Å²) in [7, 11) is 0. The molecule has 1 fully saturated rings. The molecule has 0 bridgehead atoms. The van der Waals surface area contributed by atoms with Crippen LogP contribution in [0.15, 0.2) is 30.5 Å². The van der Waals surface area contributed by atoms with Crippen molar-refractivity contribution in [3.8, 4) is 0 Å². The van der Waals surface area contributed by atoms with Crippen molar-refractivity contribution in [1.29, 1.82) is 0 Å². The number of thiocarbonyl (C=S) groups is 1. The van der Waals surface area contributed by atoms with Gasteiger partial charge in [-0.15, -0.1) is 0 Å². The van der Waals surface area contributed by atoms with Crippen LogP contribution in [0.4, 0.5) is 17.3 Å². The lowest BCUT2D eigenvalue weighted by atomic mass is 9.91. The predicted octanol–water partition coefficient (Wildman–Crippen LogP) is 1.63. The minimum Gasteiger partial charge on any atom is -0.398 e. The lowest BCUT2D eigenvalue weighted by Crippen LogP contribution is -2.42. The Balaban J connectivity index is 1.84. The Hall–Kier alpha value is -2.78. The zero-order valence-electron chi connectivity index (χ0n) is 14.8. The van der Waals surface area contributed by atoms with Crippen molar-refractivity contribution in [3.63, 3.8) is 0 Å². The molecule has 27 heavy (non-hydrogen) atoms. The fourth-order valence-electron chi connectivity index (χ4n) is 3.13. The van der Waals surface area contributed by atoms with E-state index in [1.54, 1.807) is 12.1 Å². The SMILES string of the molecule is NC(=O)c1ncc(NC2CCCCC2N)nc1NC(=S)c1ccccc1N. The minimum atomic E-state index is -0.699. The Morgan fingerprint density at radius 1 is 1.22 bits per heavy atom. The highest BCUT2D eigenvalue weighted by atomic mass is 32.1. The molecule has 0 saturated heterocycles. The van der Waals surface area contributed by atoms with Crippen LogP contribution in [0.1, 0.15) is 41.7 Å². The van der Waals surface area contributed by atoms with Gasteiger partial charge in [0, 0.05) is 23.3 Å². The molecule has 2 aromatic rings. The standard InChI is InChI=1S/C18H23N7OS/c19-11-6-2-1-5-10(11)18(27)25-17-15(16(21)26)22-9-14(24-17)23-13-8-4-3-7-12(13)20/h1-2,5-6,9,12-13H,3-4,7-8,19-20H2,(H2,21,26)(H2,23,24,25,27). The first kappa shape index (κ1) is 19.0. The smallest absolute Gasteiger partial charge is 0.271 e. The molecule has 2 atom stereocenters. The summed E-state index contributed by atoms with van der Waals surface area (Å²) in [5.41, 5.74) is 18.7. The molecule has 1 aromatic carbocycles. The number of nitrogens with zero attached hydrogens (tertiary/aromatic N) is 2. The predicted molar refractivity (Wildman–Crippen MR) is 111 cm³/mol. The molecule has 0 radical (unpaired) electrons. The fraction of sp³-hybridized carbons (Fsp3) is 0.333. The normalized spacial score (nSPS) is 19.3. The molecule has 3 rings (SSSR count). The molecule has 8 nitrogen and oxygen atoms in total. The highest BCUT2D eigenvalue weighted by Gasteiger charge is 2.23. The number of hydrogen-bond acceptors (Lipinski definition) is 7. The lowest BCUT2D eigenvalue weighted by Gasteiger charge is -2.29. The van der Waals surface area contributed by atoms with E-state index in [9.17, 15) is 4.79 Å². The van der Waals surface area contributed by atoms with Crippen LogP contribution in [0.25, 0.3) is 0 Å². The Morgan fingerprint density at radius 3 is 2.67 bits per heavy atom. The van der Waals surface area contributed by atoms with E-state index in [-0.39, 0.29) is 23.6 Å². The van der Waals surface area contributed by atoms with Crippen LogP contribution in [0, 0.1) is 0 Å². The van der Waals surface area contributed by atoms with Crippen molar-refractivity contribution in [2.24, 2.45) is 11.5 Å². The summed E-state index contributed by atoms with van der Waals surface area (Å²) in [5, 5.41) is 6.25. The van der Waals surface area contributed by atoms with Crippen molar-refractivity contribution >= 4 is 40.4 Å². The van der Waals surface area contributed by atoms with Crippen LogP contribution in [-0.2, 0) is 0 Å². The monoisotopic (exact) mass is 385 g/mol. The number of carbonyl (C=O) groups is 1. The average Bonchev–Trinajstić information content (AvgIpc) is 2.64. The quantitative estimate of drug-likeness (QED) is 0.386. The Bertz CT molecular complexity index is 857. The Labute approximate surface area is 162 Å². The maximum Gasteiger partial charge on any atom is 0.271 e. The van der Waals surface area contributed by atoms with Gasteiger partial charge in [0.1, 0.15) is 10.8 Å². The van der Waals surface area contributed by atoms with Gasteiger partial charge < -0.3 is 27.8 Å². The number of primary amides is 1. The van der Waals surface area contributed by atoms with E-state index in [4.69, 9.17) is 29.4 Å². The average molecular weight is 385 g/mol. The van der Waals surface area contributed by atoms with Gasteiger partial charge in [0.15, 0.2) is 11.5 Å². The van der Waals surface area contributed by atoms with Crippen LogP contribution in [0.3, 0.4) is 0 Å². The second kappa shape index (κ2) is 8.28. The first-order valence-corrected chi connectivity index (χ1v) is 9.21. The van der Waals surface area contributed by atoms with Crippen molar-refractivity contribution in [3.05, 3.63) is 41.7 Å². The van der Waals surface area contributed by atoms with Crippen molar-refractivity contribution in [2.45, 2.75) is 37.8 Å². The molecule has 1 aliphatic carbocycles. The molecule has 8 N–H and O–H groups in total. The van der Waals surface area contributed by atoms with Crippen molar-refractivity contribution in [2.75, 3.05) is 16.4 Å². The van der Waals surface area contributed by atoms with Crippen LogP contribution in [0.5, 0.6) is 0 Å². The van der Waals surface area contributed by atoms with E-state index >= 15 is 0 Å². The van der Waals surface area contributed by atoms with Crippen LogP contribution in [0.2, 0.25) is 0 Å². The molecule has 1 saturated carbocycles. The summed E-state index contributed by atoms with van der Waals surface area (Å²) < 4.78 is 0. The minimum absolute atomic E-state index is 0.00495. The van der Waals surface area contributed by atoms with Gasteiger partial charge in [-0.2, -0.15) is 0 Å². The maximum atomic E-state index is 11.7. The molecule has 1 amide bonds.